The molecule has 130 valence electrons. The minimum atomic E-state index is -0.208. The summed E-state index contributed by atoms with van der Waals surface area (Å²) in [7, 11) is 0. The van der Waals surface area contributed by atoms with Crippen molar-refractivity contribution in [1.29, 1.82) is 0 Å². The SMILES string of the molecule is CCOc1c(C)nc2cc(-c3ccccc3)n(-c3ccccc3)n2c1=O. The molecule has 4 aromatic rings. The van der Waals surface area contributed by atoms with Crippen LogP contribution in [0, 0.1) is 6.92 Å². The molecule has 0 aliphatic heterocycles. The van der Waals surface area contributed by atoms with Gasteiger partial charge in [-0.25, -0.2) is 9.67 Å². The van der Waals surface area contributed by atoms with Gasteiger partial charge >= 0.3 is 5.56 Å². The van der Waals surface area contributed by atoms with Crippen LogP contribution in [0.5, 0.6) is 5.75 Å². The topological polar surface area (TPSA) is 48.5 Å². The molecule has 0 saturated carbocycles. The molecule has 0 spiro atoms. The molecular weight excluding hydrogens is 326 g/mol. The average Bonchev–Trinajstić information content (AvgIpc) is 3.06. The number of ether oxygens (including phenoxy) is 1. The van der Waals surface area contributed by atoms with Crippen molar-refractivity contribution >= 4 is 5.65 Å². The van der Waals surface area contributed by atoms with Gasteiger partial charge in [-0.05, 0) is 26.0 Å². The van der Waals surface area contributed by atoms with E-state index < -0.39 is 0 Å². The first-order valence-electron chi connectivity index (χ1n) is 8.59. The number of aromatic nitrogens is 3. The lowest BCUT2D eigenvalue weighted by atomic mass is 10.1. The van der Waals surface area contributed by atoms with E-state index in [1.165, 1.54) is 0 Å². The molecule has 0 radical (unpaired) electrons. The largest absolute Gasteiger partial charge is 0.487 e. The molecule has 2 heterocycles. The van der Waals surface area contributed by atoms with Crippen LogP contribution >= 0.6 is 0 Å². The summed E-state index contributed by atoms with van der Waals surface area (Å²) in [6, 6.07) is 21.7. The van der Waals surface area contributed by atoms with E-state index in [9.17, 15) is 4.79 Å². The van der Waals surface area contributed by atoms with Crippen LogP contribution < -0.4 is 10.3 Å². The minimum absolute atomic E-state index is 0.208. The van der Waals surface area contributed by atoms with Crippen LogP contribution in [0.25, 0.3) is 22.6 Å². The number of nitrogens with zero attached hydrogens (tertiary/aromatic N) is 3. The molecule has 26 heavy (non-hydrogen) atoms. The fourth-order valence-electron chi connectivity index (χ4n) is 3.15. The zero-order valence-corrected chi connectivity index (χ0v) is 14.7. The number of benzene rings is 2. The third kappa shape index (κ3) is 2.58. The van der Waals surface area contributed by atoms with Crippen molar-refractivity contribution in [2.45, 2.75) is 13.8 Å². The molecule has 0 fully saturated rings. The van der Waals surface area contributed by atoms with E-state index in [2.05, 4.69) is 4.98 Å². The Morgan fingerprint density at radius 1 is 1.00 bits per heavy atom. The molecule has 0 amide bonds. The Morgan fingerprint density at radius 2 is 1.65 bits per heavy atom. The second-order valence-electron chi connectivity index (χ2n) is 5.98. The summed E-state index contributed by atoms with van der Waals surface area (Å²) >= 11 is 0. The maximum atomic E-state index is 13.2. The summed E-state index contributed by atoms with van der Waals surface area (Å²) in [5.74, 6) is 0.292. The van der Waals surface area contributed by atoms with Gasteiger partial charge in [-0.3, -0.25) is 4.79 Å². The second-order valence-corrected chi connectivity index (χ2v) is 5.98. The van der Waals surface area contributed by atoms with Crippen LogP contribution in [0.4, 0.5) is 0 Å². The van der Waals surface area contributed by atoms with Crippen molar-refractivity contribution in [3.63, 3.8) is 0 Å². The Hall–Kier alpha value is -3.34. The van der Waals surface area contributed by atoms with Crippen molar-refractivity contribution in [3.8, 4) is 22.7 Å². The molecule has 2 aromatic carbocycles. The first kappa shape index (κ1) is 16.1. The van der Waals surface area contributed by atoms with Gasteiger partial charge in [-0.15, -0.1) is 0 Å². The smallest absolute Gasteiger partial charge is 0.315 e. The fraction of sp³-hybridized carbons (Fsp3) is 0.143. The highest BCUT2D eigenvalue weighted by molar-refractivity contribution is 5.67. The van der Waals surface area contributed by atoms with Gasteiger partial charge in [0.2, 0.25) is 5.75 Å². The van der Waals surface area contributed by atoms with E-state index in [1.807, 2.05) is 78.3 Å². The summed E-state index contributed by atoms with van der Waals surface area (Å²) in [6.07, 6.45) is 0. The predicted molar refractivity (Wildman–Crippen MR) is 102 cm³/mol. The van der Waals surface area contributed by atoms with Crippen LogP contribution in [0.1, 0.15) is 12.6 Å². The highest BCUT2D eigenvalue weighted by Crippen LogP contribution is 2.26. The van der Waals surface area contributed by atoms with E-state index in [1.54, 1.807) is 11.4 Å². The van der Waals surface area contributed by atoms with Crippen molar-refractivity contribution in [2.75, 3.05) is 6.61 Å². The molecule has 0 aliphatic rings. The highest BCUT2D eigenvalue weighted by Gasteiger charge is 2.18. The molecule has 0 atom stereocenters. The van der Waals surface area contributed by atoms with Crippen molar-refractivity contribution in [1.82, 2.24) is 14.2 Å². The third-order valence-corrected chi connectivity index (χ3v) is 4.27. The zero-order valence-electron chi connectivity index (χ0n) is 14.7. The van der Waals surface area contributed by atoms with E-state index in [4.69, 9.17) is 4.74 Å². The average molecular weight is 345 g/mol. The molecular formula is C21H19N3O2. The van der Waals surface area contributed by atoms with Gasteiger partial charge in [0.1, 0.15) is 0 Å². The van der Waals surface area contributed by atoms with Crippen LogP contribution in [-0.2, 0) is 0 Å². The number of para-hydroxylation sites is 1. The van der Waals surface area contributed by atoms with E-state index in [0.29, 0.717) is 23.7 Å². The number of fused-ring (bicyclic) bond motifs is 1. The van der Waals surface area contributed by atoms with Crippen molar-refractivity contribution in [3.05, 3.63) is 82.8 Å². The second kappa shape index (κ2) is 6.52. The summed E-state index contributed by atoms with van der Waals surface area (Å²) in [4.78, 5) is 17.8. The minimum Gasteiger partial charge on any atom is -0.487 e. The van der Waals surface area contributed by atoms with Gasteiger partial charge in [-0.1, -0.05) is 48.5 Å². The van der Waals surface area contributed by atoms with Crippen molar-refractivity contribution < 1.29 is 4.74 Å². The lowest BCUT2D eigenvalue weighted by molar-refractivity contribution is 0.329. The van der Waals surface area contributed by atoms with Crippen LogP contribution in [0.15, 0.2) is 71.5 Å². The van der Waals surface area contributed by atoms with Gasteiger partial charge < -0.3 is 4.74 Å². The molecule has 0 aliphatic carbocycles. The number of hydrogen-bond donors (Lipinski definition) is 0. The molecule has 4 rings (SSSR count). The summed E-state index contributed by atoms with van der Waals surface area (Å²) in [6.45, 7) is 4.08. The third-order valence-electron chi connectivity index (χ3n) is 4.27. The molecule has 0 bridgehead atoms. The quantitative estimate of drug-likeness (QED) is 0.564. The van der Waals surface area contributed by atoms with Crippen LogP contribution in [0.2, 0.25) is 0 Å². The maximum absolute atomic E-state index is 13.2. The van der Waals surface area contributed by atoms with E-state index in [-0.39, 0.29) is 5.56 Å². The highest BCUT2D eigenvalue weighted by atomic mass is 16.5. The first-order valence-corrected chi connectivity index (χ1v) is 8.59. The predicted octanol–water partition coefficient (Wildman–Crippen LogP) is 3.86. The van der Waals surface area contributed by atoms with Gasteiger partial charge in [0, 0.05) is 11.6 Å². The monoisotopic (exact) mass is 345 g/mol. The lowest BCUT2D eigenvalue weighted by Gasteiger charge is -2.12. The van der Waals surface area contributed by atoms with Crippen LogP contribution in [0.3, 0.4) is 0 Å². The molecule has 5 heteroatoms. The number of hydrogen-bond acceptors (Lipinski definition) is 3. The van der Waals surface area contributed by atoms with Gasteiger partial charge in [0.15, 0.2) is 5.65 Å². The Labute approximate surface area is 151 Å². The zero-order chi connectivity index (χ0) is 18.1. The molecule has 0 saturated heterocycles. The Kier molecular flexibility index (Phi) is 4.05. The van der Waals surface area contributed by atoms with Gasteiger partial charge in [0.05, 0.1) is 23.7 Å². The first-order chi connectivity index (χ1) is 12.7. The maximum Gasteiger partial charge on any atom is 0.315 e. The Morgan fingerprint density at radius 3 is 2.31 bits per heavy atom. The van der Waals surface area contributed by atoms with Gasteiger partial charge in [0.25, 0.3) is 0 Å². The summed E-state index contributed by atoms with van der Waals surface area (Å²) < 4.78 is 9.04. The van der Waals surface area contributed by atoms with Crippen molar-refractivity contribution in [2.24, 2.45) is 0 Å². The molecule has 0 unspecified atom stereocenters. The molecule has 5 nitrogen and oxygen atoms in total. The normalized spacial score (nSPS) is 11.0. The number of rotatable bonds is 4. The summed E-state index contributed by atoms with van der Waals surface area (Å²) in [5.41, 5.74) is 3.78. The number of aryl methyl sites for hydroxylation is 1. The standard InChI is InChI=1S/C21H19N3O2/c1-3-26-20-15(2)22-19-14-18(16-10-6-4-7-11-16)23(24(19)21(20)25)17-12-8-5-9-13-17/h4-14H,3H2,1-2H3. The Bertz CT molecular complexity index is 1110. The Balaban J connectivity index is 2.12. The summed E-state index contributed by atoms with van der Waals surface area (Å²) in [5, 5.41) is 0. The lowest BCUT2D eigenvalue weighted by Crippen LogP contribution is -2.24. The van der Waals surface area contributed by atoms with E-state index in [0.717, 1.165) is 16.9 Å². The van der Waals surface area contributed by atoms with Crippen LogP contribution in [-0.4, -0.2) is 20.8 Å². The van der Waals surface area contributed by atoms with Gasteiger partial charge in [-0.2, -0.15) is 4.52 Å². The fourth-order valence-corrected chi connectivity index (χ4v) is 3.15. The molecule has 0 N–H and O–H groups in total. The molecule has 2 aromatic heterocycles. The van der Waals surface area contributed by atoms with E-state index >= 15 is 0 Å².